The van der Waals surface area contributed by atoms with Gasteiger partial charge in [-0.05, 0) is 11.8 Å². The Morgan fingerprint density at radius 3 is 2.00 bits per heavy atom. The van der Waals surface area contributed by atoms with E-state index in [1.807, 2.05) is 0 Å². The van der Waals surface area contributed by atoms with Gasteiger partial charge < -0.3 is 11.5 Å². The van der Waals surface area contributed by atoms with Gasteiger partial charge in [0.2, 0.25) is 0 Å². The molecule has 5 N–H and O–H groups in total. The summed E-state index contributed by atoms with van der Waals surface area (Å²) in [5.74, 6) is 0. The molecule has 5 heteroatoms. The van der Waals surface area contributed by atoms with E-state index in [0.29, 0.717) is 0 Å². The van der Waals surface area contributed by atoms with Gasteiger partial charge in [-0.2, -0.15) is 0 Å². The number of nitrogens with two attached hydrogens (primary N) is 2. The molecule has 0 aliphatic carbocycles. The van der Waals surface area contributed by atoms with Gasteiger partial charge in [0.15, 0.2) is 5.17 Å². The highest BCUT2D eigenvalue weighted by atomic mass is 32.2. The molecule has 40 valence electrons. The second kappa shape index (κ2) is 2.81. The third kappa shape index (κ3) is 5.71. The van der Waals surface area contributed by atoms with E-state index in [1.54, 1.807) is 0 Å². The summed E-state index contributed by atoms with van der Waals surface area (Å²) < 4.78 is 0.188. The highest BCUT2D eigenvalue weighted by Gasteiger charge is 1.89. The predicted octanol–water partition coefficient (Wildman–Crippen LogP) is -0.143. The van der Waals surface area contributed by atoms with Crippen LogP contribution in [0.2, 0.25) is 0 Å². The van der Waals surface area contributed by atoms with Gasteiger partial charge in [-0.1, -0.05) is 12.2 Å². The fraction of sp³-hybridized carbons (Fsp3) is 0. The van der Waals surface area contributed by atoms with Crippen LogP contribution in [0.25, 0.3) is 0 Å². The van der Waals surface area contributed by atoms with Crippen LogP contribution in [-0.4, -0.2) is 9.49 Å². The number of nitrogens with one attached hydrogen (secondary N) is 1. The largest absolute Gasteiger partial charge is 0.384 e. The summed E-state index contributed by atoms with van der Waals surface area (Å²) in [4.78, 5) is 0. The number of amidine groups is 1. The Hall–Kier alpha value is -0.290. The van der Waals surface area contributed by atoms with E-state index in [-0.39, 0.29) is 9.49 Å². The molecule has 7 heavy (non-hydrogen) atoms. The van der Waals surface area contributed by atoms with Crippen LogP contribution < -0.4 is 11.5 Å². The standard InChI is InChI=1S/C2H5N3S2/c3-1(4)7-2(5)6/h(H3,3,4)(H2,5,6). The van der Waals surface area contributed by atoms with Crippen molar-refractivity contribution in [1.82, 2.24) is 0 Å². The highest BCUT2D eigenvalue weighted by molar-refractivity contribution is 8.32. The summed E-state index contributed by atoms with van der Waals surface area (Å²) >= 11 is 5.27. The minimum Gasteiger partial charge on any atom is -0.384 e. The average molecular weight is 135 g/mol. The van der Waals surface area contributed by atoms with Gasteiger partial charge in [-0.25, -0.2) is 0 Å². The van der Waals surface area contributed by atoms with E-state index in [2.05, 4.69) is 12.2 Å². The normalized spacial score (nSPS) is 8.00. The van der Waals surface area contributed by atoms with Crippen molar-refractivity contribution >= 4 is 33.5 Å². The van der Waals surface area contributed by atoms with E-state index in [9.17, 15) is 0 Å². The highest BCUT2D eigenvalue weighted by Crippen LogP contribution is 1.94. The minimum absolute atomic E-state index is 0.0625. The maximum atomic E-state index is 6.60. The van der Waals surface area contributed by atoms with Gasteiger partial charge in [0.25, 0.3) is 0 Å². The molecule has 0 radical (unpaired) electrons. The number of hydrogen-bond acceptors (Lipinski definition) is 3. The first-order valence-electron chi connectivity index (χ1n) is 1.44. The molecule has 0 aliphatic rings. The van der Waals surface area contributed by atoms with Gasteiger partial charge in [-0.3, -0.25) is 5.41 Å². The predicted molar refractivity (Wildman–Crippen MR) is 36.3 cm³/mol. The van der Waals surface area contributed by atoms with Crippen molar-refractivity contribution in [3.8, 4) is 0 Å². The summed E-state index contributed by atoms with van der Waals surface area (Å²) in [7, 11) is 0. The summed E-state index contributed by atoms with van der Waals surface area (Å²) in [5.41, 5.74) is 9.84. The zero-order chi connectivity index (χ0) is 5.86. The molecule has 0 aliphatic heterocycles. The monoisotopic (exact) mass is 135 g/mol. The molecule has 0 unspecified atom stereocenters. The van der Waals surface area contributed by atoms with Crippen molar-refractivity contribution in [3.05, 3.63) is 0 Å². The Kier molecular flexibility index (Phi) is 2.70. The molecular weight excluding hydrogens is 130 g/mol. The van der Waals surface area contributed by atoms with Crippen LogP contribution in [0.4, 0.5) is 0 Å². The first-order valence-corrected chi connectivity index (χ1v) is 2.66. The lowest BCUT2D eigenvalue weighted by Gasteiger charge is -1.88. The first kappa shape index (κ1) is 6.71. The summed E-state index contributed by atoms with van der Waals surface area (Å²) in [5, 5.41) is 6.54. The van der Waals surface area contributed by atoms with Crippen LogP contribution in [0, 0.1) is 5.41 Å². The maximum absolute atomic E-state index is 6.60. The topological polar surface area (TPSA) is 75.9 Å². The van der Waals surface area contributed by atoms with E-state index in [1.165, 1.54) is 0 Å². The lowest BCUT2D eigenvalue weighted by Crippen LogP contribution is -2.12. The van der Waals surface area contributed by atoms with Crippen LogP contribution in [0.5, 0.6) is 0 Å². The van der Waals surface area contributed by atoms with Crippen molar-refractivity contribution in [2.24, 2.45) is 11.5 Å². The fourth-order valence-electron chi connectivity index (χ4n) is 0.108. The molecule has 0 heterocycles. The Bertz CT molecular complexity index is 87.1. The number of thiocarbonyl (C=S) groups is 1. The zero-order valence-corrected chi connectivity index (χ0v) is 5.10. The van der Waals surface area contributed by atoms with Crippen LogP contribution >= 0.6 is 24.0 Å². The lowest BCUT2D eigenvalue weighted by molar-refractivity contribution is 1.51. The van der Waals surface area contributed by atoms with Crippen molar-refractivity contribution < 1.29 is 0 Å². The molecule has 0 fully saturated rings. The summed E-state index contributed by atoms with van der Waals surface area (Å²) in [6, 6.07) is 0. The maximum Gasteiger partial charge on any atom is 0.158 e. The molecule has 0 aromatic rings. The Balaban J connectivity index is 3.32. The van der Waals surface area contributed by atoms with E-state index in [0.717, 1.165) is 11.8 Å². The molecule has 0 bridgehead atoms. The molecule has 0 rings (SSSR count). The second-order valence-electron chi connectivity index (χ2n) is 0.785. The van der Waals surface area contributed by atoms with Crippen LogP contribution in [0.3, 0.4) is 0 Å². The molecule has 0 aromatic carbocycles. The molecule has 0 aromatic heterocycles. The van der Waals surface area contributed by atoms with E-state index >= 15 is 0 Å². The fourth-order valence-corrected chi connectivity index (χ4v) is 0.594. The third-order valence-corrected chi connectivity index (χ3v) is 0.882. The SMILES string of the molecule is N=C(N)SC(N)=S. The summed E-state index contributed by atoms with van der Waals surface area (Å²) in [6.45, 7) is 0. The molecule has 0 spiro atoms. The van der Waals surface area contributed by atoms with E-state index in [4.69, 9.17) is 16.9 Å². The smallest absolute Gasteiger partial charge is 0.158 e. The Labute approximate surface area is 51.0 Å². The first-order chi connectivity index (χ1) is 3.13. The van der Waals surface area contributed by atoms with Gasteiger partial charge in [0, 0.05) is 0 Å². The van der Waals surface area contributed by atoms with Crippen molar-refractivity contribution in [2.45, 2.75) is 0 Å². The van der Waals surface area contributed by atoms with Crippen LogP contribution in [0.15, 0.2) is 0 Å². The third-order valence-electron chi connectivity index (χ3n) is 0.211. The minimum atomic E-state index is -0.0625. The van der Waals surface area contributed by atoms with Gasteiger partial charge in [0.1, 0.15) is 4.32 Å². The Morgan fingerprint density at radius 2 is 2.00 bits per heavy atom. The van der Waals surface area contributed by atoms with Gasteiger partial charge in [0.05, 0.1) is 0 Å². The second-order valence-corrected chi connectivity index (χ2v) is 2.57. The van der Waals surface area contributed by atoms with Crippen molar-refractivity contribution in [2.75, 3.05) is 0 Å². The molecule has 3 nitrogen and oxygen atoms in total. The molecule has 0 saturated heterocycles. The van der Waals surface area contributed by atoms with Gasteiger partial charge in [-0.15, -0.1) is 0 Å². The molecule has 0 atom stereocenters. The Morgan fingerprint density at radius 1 is 1.57 bits per heavy atom. The van der Waals surface area contributed by atoms with Crippen LogP contribution in [-0.2, 0) is 0 Å². The summed E-state index contributed by atoms with van der Waals surface area (Å²) in [6.07, 6.45) is 0. The number of rotatable bonds is 0. The molecule has 0 saturated carbocycles. The number of hydrogen-bond donors (Lipinski definition) is 3. The zero-order valence-electron chi connectivity index (χ0n) is 3.47. The average Bonchev–Trinajstić information content (AvgIpc) is 1.27. The van der Waals surface area contributed by atoms with Crippen LogP contribution in [0.1, 0.15) is 0 Å². The van der Waals surface area contributed by atoms with Crippen molar-refractivity contribution in [3.63, 3.8) is 0 Å². The quantitative estimate of drug-likeness (QED) is 0.245. The van der Waals surface area contributed by atoms with E-state index < -0.39 is 0 Å². The molecular formula is C2H5N3S2. The number of thioether (sulfide) groups is 1. The van der Waals surface area contributed by atoms with Gasteiger partial charge >= 0.3 is 0 Å². The molecule has 0 amide bonds. The lowest BCUT2D eigenvalue weighted by atomic mass is 11.4. The van der Waals surface area contributed by atoms with Crippen molar-refractivity contribution in [1.29, 1.82) is 5.41 Å².